The van der Waals surface area contributed by atoms with E-state index in [4.69, 9.17) is 22.0 Å². The van der Waals surface area contributed by atoms with E-state index >= 15 is 0 Å². The van der Waals surface area contributed by atoms with Crippen LogP contribution in [0.1, 0.15) is 21.6 Å². The third kappa shape index (κ3) is 3.25. The number of carboxylic acid groups (broad SMARTS) is 1. The molecule has 6 heteroatoms. The molecule has 0 saturated carbocycles. The molecule has 0 amide bonds. The van der Waals surface area contributed by atoms with E-state index in [2.05, 4.69) is 10.3 Å². The summed E-state index contributed by atoms with van der Waals surface area (Å²) in [7, 11) is 0. The normalized spacial score (nSPS) is 9.80. The molecule has 0 aliphatic heterocycles. The van der Waals surface area contributed by atoms with Crippen LogP contribution in [0, 0.1) is 11.3 Å². The van der Waals surface area contributed by atoms with E-state index in [0.29, 0.717) is 22.8 Å². The molecule has 2 rings (SSSR count). The summed E-state index contributed by atoms with van der Waals surface area (Å²) in [4.78, 5) is 14.9. The zero-order chi connectivity index (χ0) is 14.5. The van der Waals surface area contributed by atoms with Gasteiger partial charge in [-0.15, -0.1) is 0 Å². The highest BCUT2D eigenvalue weighted by molar-refractivity contribution is 6.32. The molecule has 5 nitrogen and oxygen atoms in total. The molecule has 0 aliphatic carbocycles. The summed E-state index contributed by atoms with van der Waals surface area (Å²) in [5.41, 5.74) is 1.93. The van der Waals surface area contributed by atoms with Crippen molar-refractivity contribution in [2.75, 3.05) is 5.32 Å². The van der Waals surface area contributed by atoms with E-state index in [-0.39, 0.29) is 5.56 Å². The maximum atomic E-state index is 10.8. The molecule has 0 bridgehead atoms. The molecule has 1 heterocycles. The summed E-state index contributed by atoms with van der Waals surface area (Å²) < 4.78 is 0. The Morgan fingerprint density at radius 1 is 1.40 bits per heavy atom. The highest BCUT2D eigenvalue weighted by atomic mass is 35.5. The minimum absolute atomic E-state index is 0.190. The number of halogens is 1. The second-order valence-corrected chi connectivity index (χ2v) is 4.41. The molecule has 0 saturated heterocycles. The SMILES string of the molecule is N#Cc1ccc(NCc2cc(C(=O)O)ccn2)cc1Cl. The zero-order valence-corrected chi connectivity index (χ0v) is 11.1. The van der Waals surface area contributed by atoms with Crippen molar-refractivity contribution in [3.05, 3.63) is 58.4 Å². The molecule has 2 aromatic rings. The number of nitriles is 1. The summed E-state index contributed by atoms with van der Waals surface area (Å²) in [5, 5.41) is 21.1. The van der Waals surface area contributed by atoms with Gasteiger partial charge in [0.1, 0.15) is 6.07 Å². The van der Waals surface area contributed by atoms with Crippen molar-refractivity contribution in [1.82, 2.24) is 4.98 Å². The minimum Gasteiger partial charge on any atom is -0.478 e. The van der Waals surface area contributed by atoms with Crippen LogP contribution >= 0.6 is 11.6 Å². The molecule has 1 aromatic carbocycles. The van der Waals surface area contributed by atoms with Crippen LogP contribution in [0.25, 0.3) is 0 Å². The van der Waals surface area contributed by atoms with Gasteiger partial charge in [-0.1, -0.05) is 11.6 Å². The lowest BCUT2D eigenvalue weighted by Gasteiger charge is -2.07. The van der Waals surface area contributed by atoms with E-state index in [1.807, 2.05) is 6.07 Å². The summed E-state index contributed by atoms with van der Waals surface area (Å²) in [6.45, 7) is 0.364. The topological polar surface area (TPSA) is 86.0 Å². The van der Waals surface area contributed by atoms with Crippen LogP contribution in [0.3, 0.4) is 0 Å². The number of hydrogen-bond acceptors (Lipinski definition) is 4. The van der Waals surface area contributed by atoms with Crippen LogP contribution in [0.4, 0.5) is 5.69 Å². The number of anilines is 1. The molecular formula is C14H10ClN3O2. The van der Waals surface area contributed by atoms with Crippen molar-refractivity contribution < 1.29 is 9.90 Å². The average molecular weight is 288 g/mol. The molecule has 0 atom stereocenters. The molecule has 2 N–H and O–H groups in total. The third-order valence-electron chi connectivity index (χ3n) is 2.63. The van der Waals surface area contributed by atoms with Gasteiger partial charge in [-0.25, -0.2) is 4.79 Å². The van der Waals surface area contributed by atoms with Gasteiger partial charge in [0.25, 0.3) is 0 Å². The van der Waals surface area contributed by atoms with Gasteiger partial charge < -0.3 is 10.4 Å². The highest BCUT2D eigenvalue weighted by Gasteiger charge is 2.05. The molecule has 20 heavy (non-hydrogen) atoms. The number of benzene rings is 1. The monoisotopic (exact) mass is 287 g/mol. The third-order valence-corrected chi connectivity index (χ3v) is 2.94. The molecule has 0 radical (unpaired) electrons. The maximum Gasteiger partial charge on any atom is 0.335 e. The lowest BCUT2D eigenvalue weighted by Crippen LogP contribution is -2.04. The summed E-state index contributed by atoms with van der Waals surface area (Å²) in [6.07, 6.45) is 1.45. The van der Waals surface area contributed by atoms with Crippen LogP contribution in [0.5, 0.6) is 0 Å². The number of carboxylic acids is 1. The number of aromatic carboxylic acids is 1. The second kappa shape index (κ2) is 6.04. The molecular weight excluding hydrogens is 278 g/mol. The van der Waals surface area contributed by atoms with Crippen molar-refractivity contribution in [2.24, 2.45) is 0 Å². The summed E-state index contributed by atoms with van der Waals surface area (Å²) >= 11 is 5.92. The van der Waals surface area contributed by atoms with Crippen LogP contribution in [-0.2, 0) is 6.54 Å². The number of carbonyl (C=O) groups is 1. The lowest BCUT2D eigenvalue weighted by molar-refractivity contribution is 0.0696. The van der Waals surface area contributed by atoms with Crippen LogP contribution in [0.15, 0.2) is 36.5 Å². The largest absolute Gasteiger partial charge is 0.478 e. The number of aromatic nitrogens is 1. The fourth-order valence-corrected chi connectivity index (χ4v) is 1.84. The maximum absolute atomic E-state index is 10.8. The molecule has 0 unspecified atom stereocenters. The number of nitrogens with one attached hydrogen (secondary N) is 1. The number of rotatable bonds is 4. The van der Waals surface area contributed by atoms with Crippen molar-refractivity contribution >= 4 is 23.3 Å². The first-order chi connectivity index (χ1) is 9.60. The van der Waals surface area contributed by atoms with Gasteiger partial charge in [0, 0.05) is 11.9 Å². The Labute approximate surface area is 120 Å². The standard InChI is InChI=1S/C14H10ClN3O2/c15-13-6-11(2-1-10(13)7-16)18-8-12-5-9(14(19)20)3-4-17-12/h1-6,18H,8H2,(H,19,20). The second-order valence-electron chi connectivity index (χ2n) is 4.00. The Morgan fingerprint density at radius 3 is 2.85 bits per heavy atom. The van der Waals surface area contributed by atoms with Crippen LogP contribution < -0.4 is 5.32 Å². The Bertz CT molecular complexity index is 695. The quantitative estimate of drug-likeness (QED) is 0.903. The predicted octanol–water partition coefficient (Wildman–Crippen LogP) is 2.92. The summed E-state index contributed by atoms with van der Waals surface area (Å²) in [6, 6.07) is 9.90. The van der Waals surface area contributed by atoms with Gasteiger partial charge in [-0.3, -0.25) is 4.98 Å². The van der Waals surface area contributed by atoms with E-state index < -0.39 is 5.97 Å². The van der Waals surface area contributed by atoms with Gasteiger partial charge in [-0.2, -0.15) is 5.26 Å². The molecule has 0 aliphatic rings. The van der Waals surface area contributed by atoms with E-state index in [9.17, 15) is 4.79 Å². The Balaban J connectivity index is 2.09. The van der Waals surface area contributed by atoms with Gasteiger partial charge in [0.2, 0.25) is 0 Å². The van der Waals surface area contributed by atoms with E-state index in [1.54, 1.807) is 18.2 Å². The minimum atomic E-state index is -0.991. The van der Waals surface area contributed by atoms with Crippen LogP contribution in [-0.4, -0.2) is 16.1 Å². The van der Waals surface area contributed by atoms with Gasteiger partial charge in [0.15, 0.2) is 0 Å². The lowest BCUT2D eigenvalue weighted by atomic mass is 10.2. The van der Waals surface area contributed by atoms with Crippen molar-refractivity contribution in [1.29, 1.82) is 5.26 Å². The van der Waals surface area contributed by atoms with Crippen LogP contribution in [0.2, 0.25) is 5.02 Å². The predicted molar refractivity (Wildman–Crippen MR) is 74.7 cm³/mol. The Hall–Kier alpha value is -2.58. The molecule has 1 aromatic heterocycles. The number of hydrogen-bond donors (Lipinski definition) is 2. The highest BCUT2D eigenvalue weighted by Crippen LogP contribution is 2.20. The first-order valence-electron chi connectivity index (χ1n) is 5.72. The van der Waals surface area contributed by atoms with Crippen molar-refractivity contribution in [3.63, 3.8) is 0 Å². The fourth-order valence-electron chi connectivity index (χ4n) is 1.62. The molecule has 0 fully saturated rings. The van der Waals surface area contributed by atoms with Gasteiger partial charge >= 0.3 is 5.97 Å². The van der Waals surface area contributed by atoms with Gasteiger partial charge in [-0.05, 0) is 30.3 Å². The summed E-state index contributed by atoms with van der Waals surface area (Å²) in [5.74, 6) is -0.991. The first kappa shape index (κ1) is 13.8. The first-order valence-corrected chi connectivity index (χ1v) is 6.09. The molecule has 0 spiro atoms. The Kier molecular flexibility index (Phi) is 4.18. The smallest absolute Gasteiger partial charge is 0.335 e. The van der Waals surface area contributed by atoms with Gasteiger partial charge in [0.05, 0.1) is 28.4 Å². The van der Waals surface area contributed by atoms with E-state index in [1.165, 1.54) is 18.3 Å². The number of pyridine rings is 1. The van der Waals surface area contributed by atoms with Crippen molar-refractivity contribution in [2.45, 2.75) is 6.54 Å². The average Bonchev–Trinajstić information content (AvgIpc) is 2.45. The molecule has 100 valence electrons. The Morgan fingerprint density at radius 2 is 2.20 bits per heavy atom. The number of nitrogens with zero attached hydrogens (tertiary/aromatic N) is 2. The van der Waals surface area contributed by atoms with E-state index in [0.717, 1.165) is 5.69 Å². The zero-order valence-electron chi connectivity index (χ0n) is 10.3. The van der Waals surface area contributed by atoms with Crippen molar-refractivity contribution in [3.8, 4) is 6.07 Å². The fraction of sp³-hybridized carbons (Fsp3) is 0.0714.